The van der Waals surface area contributed by atoms with Crippen molar-refractivity contribution in [3.8, 4) is 5.75 Å². The molecule has 6 heteroatoms. The summed E-state index contributed by atoms with van der Waals surface area (Å²) in [6.07, 6.45) is -1.55. The summed E-state index contributed by atoms with van der Waals surface area (Å²) in [7, 11) is 1.76. The van der Waals surface area contributed by atoms with Gasteiger partial charge >= 0.3 is 6.36 Å². The van der Waals surface area contributed by atoms with Gasteiger partial charge in [0.05, 0.1) is 18.6 Å². The quantitative estimate of drug-likeness (QED) is 0.924. The summed E-state index contributed by atoms with van der Waals surface area (Å²) in [5.41, 5.74) is 1.71. The fourth-order valence-corrected chi connectivity index (χ4v) is 1.83. The highest BCUT2D eigenvalue weighted by Crippen LogP contribution is 2.27. The SMILES string of the molecule is CNC(c1ccc(OC(F)(F)F)cc1)c1ccoc1. The monoisotopic (exact) mass is 271 g/mol. The lowest BCUT2D eigenvalue weighted by atomic mass is 10.0. The minimum absolute atomic E-state index is 0.140. The molecular weight excluding hydrogens is 259 g/mol. The number of hydrogen-bond acceptors (Lipinski definition) is 3. The minimum Gasteiger partial charge on any atom is -0.472 e. The molecule has 0 spiro atoms. The van der Waals surface area contributed by atoms with Gasteiger partial charge in [0.25, 0.3) is 0 Å². The maximum Gasteiger partial charge on any atom is 0.573 e. The topological polar surface area (TPSA) is 34.4 Å². The predicted molar refractivity (Wildman–Crippen MR) is 62.7 cm³/mol. The fraction of sp³-hybridized carbons (Fsp3) is 0.231. The van der Waals surface area contributed by atoms with E-state index in [2.05, 4.69) is 10.1 Å². The first-order valence-corrected chi connectivity index (χ1v) is 5.54. The lowest BCUT2D eigenvalue weighted by molar-refractivity contribution is -0.274. The largest absolute Gasteiger partial charge is 0.573 e. The molecule has 0 fully saturated rings. The van der Waals surface area contributed by atoms with Gasteiger partial charge < -0.3 is 14.5 Å². The van der Waals surface area contributed by atoms with Gasteiger partial charge in [-0.1, -0.05) is 12.1 Å². The van der Waals surface area contributed by atoms with Crippen molar-refractivity contribution in [1.82, 2.24) is 5.32 Å². The molecule has 2 aromatic rings. The normalized spacial score (nSPS) is 13.3. The van der Waals surface area contributed by atoms with E-state index in [0.29, 0.717) is 0 Å². The highest BCUT2D eigenvalue weighted by molar-refractivity contribution is 5.34. The molecule has 3 nitrogen and oxygen atoms in total. The Kier molecular flexibility index (Phi) is 3.80. The van der Waals surface area contributed by atoms with Crippen LogP contribution in [0.4, 0.5) is 13.2 Å². The molecule has 0 saturated carbocycles. The van der Waals surface area contributed by atoms with Gasteiger partial charge in [-0.3, -0.25) is 0 Å². The van der Waals surface area contributed by atoms with Crippen LogP contribution in [0.5, 0.6) is 5.75 Å². The lowest BCUT2D eigenvalue weighted by Crippen LogP contribution is -2.18. The molecule has 0 aliphatic carbocycles. The number of alkyl halides is 3. The van der Waals surface area contributed by atoms with Gasteiger partial charge in [0.2, 0.25) is 0 Å². The standard InChI is InChI=1S/C13H12F3NO2/c1-17-12(10-6-7-18-8-10)9-2-4-11(5-3-9)19-13(14,15)16/h2-8,12,17H,1H3. The van der Waals surface area contributed by atoms with Crippen molar-refractivity contribution in [2.45, 2.75) is 12.4 Å². The molecule has 1 unspecified atom stereocenters. The second-order valence-corrected chi connectivity index (χ2v) is 3.90. The number of furan rings is 1. The van der Waals surface area contributed by atoms with Crippen LogP contribution in [0.1, 0.15) is 17.2 Å². The maximum atomic E-state index is 12.0. The molecular formula is C13H12F3NO2. The van der Waals surface area contributed by atoms with E-state index in [4.69, 9.17) is 4.42 Å². The van der Waals surface area contributed by atoms with Crippen molar-refractivity contribution in [3.63, 3.8) is 0 Å². The van der Waals surface area contributed by atoms with E-state index in [-0.39, 0.29) is 11.8 Å². The van der Waals surface area contributed by atoms with E-state index in [0.717, 1.165) is 11.1 Å². The Balaban J connectivity index is 2.17. The summed E-state index contributed by atoms with van der Waals surface area (Å²) in [5.74, 6) is -0.238. The zero-order chi connectivity index (χ0) is 13.9. The molecule has 0 radical (unpaired) electrons. The minimum atomic E-state index is -4.67. The van der Waals surface area contributed by atoms with E-state index in [9.17, 15) is 13.2 Å². The van der Waals surface area contributed by atoms with Gasteiger partial charge in [-0.2, -0.15) is 0 Å². The first-order chi connectivity index (χ1) is 8.99. The van der Waals surface area contributed by atoms with Crippen molar-refractivity contribution >= 4 is 0 Å². The Morgan fingerprint density at radius 2 is 1.79 bits per heavy atom. The van der Waals surface area contributed by atoms with Crippen molar-refractivity contribution in [2.24, 2.45) is 0 Å². The van der Waals surface area contributed by atoms with Crippen molar-refractivity contribution < 1.29 is 22.3 Å². The Morgan fingerprint density at radius 1 is 1.11 bits per heavy atom. The summed E-state index contributed by atoms with van der Waals surface area (Å²) in [6, 6.07) is 7.38. The molecule has 0 bridgehead atoms. The second kappa shape index (κ2) is 5.36. The number of halogens is 3. The average Bonchev–Trinajstić information content (AvgIpc) is 2.84. The van der Waals surface area contributed by atoms with Crippen molar-refractivity contribution in [1.29, 1.82) is 0 Å². The van der Waals surface area contributed by atoms with Crippen LogP contribution in [-0.4, -0.2) is 13.4 Å². The molecule has 1 N–H and O–H groups in total. The van der Waals surface area contributed by atoms with Crippen LogP contribution >= 0.6 is 0 Å². The van der Waals surface area contributed by atoms with Crippen LogP contribution in [0.25, 0.3) is 0 Å². The van der Waals surface area contributed by atoms with Crippen molar-refractivity contribution in [3.05, 3.63) is 54.0 Å². The molecule has 19 heavy (non-hydrogen) atoms. The molecule has 2 rings (SSSR count). The molecule has 0 aliphatic rings. The predicted octanol–water partition coefficient (Wildman–Crippen LogP) is 3.49. The first-order valence-electron chi connectivity index (χ1n) is 5.54. The Bertz CT molecular complexity index is 506. The highest BCUT2D eigenvalue weighted by Gasteiger charge is 2.31. The summed E-state index contributed by atoms with van der Waals surface area (Å²) >= 11 is 0. The fourth-order valence-electron chi connectivity index (χ4n) is 1.83. The van der Waals surface area contributed by atoms with Gasteiger partial charge in [-0.25, -0.2) is 0 Å². The number of nitrogens with one attached hydrogen (secondary N) is 1. The molecule has 0 saturated heterocycles. The van der Waals surface area contributed by atoms with E-state index in [1.165, 1.54) is 12.1 Å². The van der Waals surface area contributed by atoms with Gasteiger partial charge in [0.15, 0.2) is 0 Å². The summed E-state index contributed by atoms with van der Waals surface area (Å²) in [6.45, 7) is 0. The van der Waals surface area contributed by atoms with Crippen LogP contribution < -0.4 is 10.1 Å². The third-order valence-electron chi connectivity index (χ3n) is 2.61. The molecule has 102 valence electrons. The van der Waals surface area contributed by atoms with Crippen LogP contribution in [0.2, 0.25) is 0 Å². The summed E-state index contributed by atoms with van der Waals surface area (Å²) in [5, 5.41) is 3.07. The van der Waals surface area contributed by atoms with Crippen LogP contribution in [0.15, 0.2) is 47.3 Å². The lowest BCUT2D eigenvalue weighted by Gasteiger charge is -2.15. The number of hydrogen-bond donors (Lipinski definition) is 1. The first kappa shape index (κ1) is 13.5. The second-order valence-electron chi connectivity index (χ2n) is 3.90. The molecule has 1 heterocycles. The maximum absolute atomic E-state index is 12.0. The van der Waals surface area contributed by atoms with Gasteiger partial charge in [0.1, 0.15) is 5.75 Å². The summed E-state index contributed by atoms with van der Waals surface area (Å²) in [4.78, 5) is 0. The molecule has 1 atom stereocenters. The van der Waals surface area contributed by atoms with Crippen molar-refractivity contribution in [2.75, 3.05) is 7.05 Å². The van der Waals surface area contributed by atoms with Gasteiger partial charge in [-0.05, 0) is 30.8 Å². The number of benzene rings is 1. The van der Waals surface area contributed by atoms with Crippen LogP contribution in [-0.2, 0) is 0 Å². The van der Waals surface area contributed by atoms with E-state index in [1.54, 1.807) is 37.8 Å². The van der Waals surface area contributed by atoms with Gasteiger partial charge in [0, 0.05) is 5.56 Å². The average molecular weight is 271 g/mol. The summed E-state index contributed by atoms with van der Waals surface area (Å²) < 4.78 is 44.9. The third kappa shape index (κ3) is 3.51. The molecule has 0 amide bonds. The highest BCUT2D eigenvalue weighted by atomic mass is 19.4. The molecule has 0 aliphatic heterocycles. The van der Waals surface area contributed by atoms with Crippen LogP contribution in [0, 0.1) is 0 Å². The Hall–Kier alpha value is -1.95. The Labute approximate surface area is 108 Å². The number of rotatable bonds is 4. The van der Waals surface area contributed by atoms with E-state index < -0.39 is 6.36 Å². The van der Waals surface area contributed by atoms with E-state index in [1.807, 2.05) is 0 Å². The van der Waals surface area contributed by atoms with Gasteiger partial charge in [-0.15, -0.1) is 13.2 Å². The smallest absolute Gasteiger partial charge is 0.472 e. The molecule has 1 aromatic heterocycles. The third-order valence-corrected chi connectivity index (χ3v) is 2.61. The van der Waals surface area contributed by atoms with Crippen LogP contribution in [0.3, 0.4) is 0 Å². The number of ether oxygens (including phenoxy) is 1. The Morgan fingerprint density at radius 3 is 2.26 bits per heavy atom. The van der Waals surface area contributed by atoms with E-state index >= 15 is 0 Å². The zero-order valence-corrected chi connectivity index (χ0v) is 10.1. The zero-order valence-electron chi connectivity index (χ0n) is 10.1. The molecule has 1 aromatic carbocycles.